The minimum Gasteiger partial charge on any atom is -0.334 e. The van der Waals surface area contributed by atoms with Gasteiger partial charge in [0.1, 0.15) is 0 Å². The molecule has 2 rings (SSSR count). The van der Waals surface area contributed by atoms with Crippen LogP contribution >= 0.6 is 0 Å². The Morgan fingerprint density at radius 3 is 2.70 bits per heavy atom. The summed E-state index contributed by atoms with van der Waals surface area (Å²) >= 11 is 0. The summed E-state index contributed by atoms with van der Waals surface area (Å²) in [6.45, 7) is 2.68. The molecule has 0 bridgehead atoms. The van der Waals surface area contributed by atoms with Crippen molar-refractivity contribution in [1.29, 1.82) is 0 Å². The molecule has 0 radical (unpaired) electrons. The molecular formula is C14H17F3N2O. The number of hydrogen-bond acceptors (Lipinski definition) is 2. The highest BCUT2D eigenvalue weighted by molar-refractivity contribution is 5.94. The fourth-order valence-corrected chi connectivity index (χ4v) is 2.71. The highest BCUT2D eigenvalue weighted by atomic mass is 19.2. The van der Waals surface area contributed by atoms with Gasteiger partial charge in [-0.15, -0.1) is 0 Å². The van der Waals surface area contributed by atoms with E-state index in [2.05, 4.69) is 0 Å². The lowest BCUT2D eigenvalue weighted by Gasteiger charge is -2.39. The maximum absolute atomic E-state index is 13.7. The van der Waals surface area contributed by atoms with Crippen LogP contribution in [0.4, 0.5) is 13.2 Å². The molecule has 1 aromatic carbocycles. The molecule has 0 spiro atoms. The highest BCUT2D eigenvalue weighted by Gasteiger charge is 2.33. The Balaban J connectivity index is 2.33. The van der Waals surface area contributed by atoms with Gasteiger partial charge in [0.05, 0.1) is 5.56 Å². The summed E-state index contributed by atoms with van der Waals surface area (Å²) in [5.74, 6) is -4.80. The number of piperidine rings is 1. The lowest BCUT2D eigenvalue weighted by Crippen LogP contribution is -2.51. The van der Waals surface area contributed by atoms with Crippen molar-refractivity contribution in [2.45, 2.75) is 25.8 Å². The van der Waals surface area contributed by atoms with Crippen molar-refractivity contribution in [1.82, 2.24) is 4.90 Å². The first-order chi connectivity index (χ1) is 9.47. The van der Waals surface area contributed by atoms with E-state index in [1.165, 1.54) is 4.90 Å². The third-order valence-corrected chi connectivity index (χ3v) is 3.88. The van der Waals surface area contributed by atoms with Crippen molar-refractivity contribution in [3.05, 3.63) is 35.1 Å². The number of amides is 1. The monoisotopic (exact) mass is 286 g/mol. The molecule has 2 N–H and O–H groups in total. The van der Waals surface area contributed by atoms with Crippen LogP contribution in [0.15, 0.2) is 12.1 Å². The quantitative estimate of drug-likeness (QED) is 0.848. The molecule has 20 heavy (non-hydrogen) atoms. The second-order valence-corrected chi connectivity index (χ2v) is 5.14. The predicted molar refractivity (Wildman–Crippen MR) is 68.6 cm³/mol. The fourth-order valence-electron chi connectivity index (χ4n) is 2.71. The second-order valence-electron chi connectivity index (χ2n) is 5.14. The van der Waals surface area contributed by atoms with Crippen molar-refractivity contribution in [3.63, 3.8) is 0 Å². The first-order valence-corrected chi connectivity index (χ1v) is 6.62. The van der Waals surface area contributed by atoms with Gasteiger partial charge >= 0.3 is 0 Å². The number of halogens is 3. The van der Waals surface area contributed by atoms with Gasteiger partial charge < -0.3 is 10.6 Å². The molecule has 2 atom stereocenters. The molecule has 1 amide bonds. The first-order valence-electron chi connectivity index (χ1n) is 6.62. The van der Waals surface area contributed by atoms with Gasteiger partial charge in [-0.2, -0.15) is 0 Å². The number of nitrogens with zero attached hydrogens (tertiary/aromatic N) is 1. The average molecular weight is 286 g/mol. The SMILES string of the molecule is CC1CCCN(C(=O)c2ccc(F)c(F)c2F)C1CN. The summed E-state index contributed by atoms with van der Waals surface area (Å²) in [6.07, 6.45) is 1.72. The van der Waals surface area contributed by atoms with Gasteiger partial charge in [0.2, 0.25) is 0 Å². The van der Waals surface area contributed by atoms with Crippen LogP contribution < -0.4 is 5.73 Å². The van der Waals surface area contributed by atoms with E-state index in [-0.39, 0.29) is 18.5 Å². The van der Waals surface area contributed by atoms with Crippen molar-refractivity contribution >= 4 is 5.91 Å². The molecule has 1 saturated heterocycles. The summed E-state index contributed by atoms with van der Waals surface area (Å²) in [5.41, 5.74) is 5.22. The Morgan fingerprint density at radius 1 is 1.35 bits per heavy atom. The van der Waals surface area contributed by atoms with Crippen LogP contribution in [0.25, 0.3) is 0 Å². The van der Waals surface area contributed by atoms with E-state index in [4.69, 9.17) is 5.73 Å². The van der Waals surface area contributed by atoms with Crippen LogP contribution in [0.1, 0.15) is 30.1 Å². The van der Waals surface area contributed by atoms with Crippen LogP contribution in [0.2, 0.25) is 0 Å². The van der Waals surface area contributed by atoms with E-state index in [9.17, 15) is 18.0 Å². The van der Waals surface area contributed by atoms with Crippen LogP contribution in [-0.2, 0) is 0 Å². The minimum absolute atomic E-state index is 0.200. The number of likely N-dealkylation sites (tertiary alicyclic amines) is 1. The van der Waals surface area contributed by atoms with Gasteiger partial charge in [-0.1, -0.05) is 6.92 Å². The summed E-state index contributed by atoms with van der Waals surface area (Å²) in [7, 11) is 0. The molecule has 1 aliphatic heterocycles. The van der Waals surface area contributed by atoms with E-state index in [1.54, 1.807) is 0 Å². The van der Waals surface area contributed by atoms with E-state index < -0.39 is 28.9 Å². The molecule has 1 aliphatic rings. The van der Waals surface area contributed by atoms with Crippen LogP contribution in [0.3, 0.4) is 0 Å². The average Bonchev–Trinajstić information content (AvgIpc) is 2.44. The van der Waals surface area contributed by atoms with Gasteiger partial charge in [0, 0.05) is 19.1 Å². The largest absolute Gasteiger partial charge is 0.334 e. The maximum atomic E-state index is 13.7. The number of carbonyl (C=O) groups excluding carboxylic acids is 1. The van der Waals surface area contributed by atoms with E-state index in [1.807, 2.05) is 6.92 Å². The summed E-state index contributed by atoms with van der Waals surface area (Å²) in [5, 5.41) is 0. The van der Waals surface area contributed by atoms with Crippen LogP contribution in [0.5, 0.6) is 0 Å². The first kappa shape index (κ1) is 14.8. The van der Waals surface area contributed by atoms with Crippen molar-refractivity contribution in [3.8, 4) is 0 Å². The smallest absolute Gasteiger partial charge is 0.257 e. The molecule has 1 aromatic rings. The number of hydrogen-bond donors (Lipinski definition) is 1. The molecule has 110 valence electrons. The maximum Gasteiger partial charge on any atom is 0.257 e. The van der Waals surface area contributed by atoms with E-state index in [0.29, 0.717) is 6.54 Å². The molecule has 3 nitrogen and oxygen atoms in total. The van der Waals surface area contributed by atoms with Crippen molar-refractivity contribution in [2.24, 2.45) is 11.7 Å². The normalized spacial score (nSPS) is 22.9. The van der Waals surface area contributed by atoms with Gasteiger partial charge in [-0.3, -0.25) is 4.79 Å². The van der Waals surface area contributed by atoms with Crippen molar-refractivity contribution < 1.29 is 18.0 Å². The molecule has 1 heterocycles. The molecule has 0 aromatic heterocycles. The summed E-state index contributed by atoms with van der Waals surface area (Å²) in [4.78, 5) is 13.8. The zero-order chi connectivity index (χ0) is 14.9. The van der Waals surface area contributed by atoms with E-state index >= 15 is 0 Å². The summed E-state index contributed by atoms with van der Waals surface area (Å²) in [6, 6.07) is 1.53. The Labute approximate surface area is 115 Å². The lowest BCUT2D eigenvalue weighted by molar-refractivity contribution is 0.0526. The van der Waals surface area contributed by atoms with Gasteiger partial charge in [-0.25, -0.2) is 13.2 Å². The third kappa shape index (κ3) is 2.52. The third-order valence-electron chi connectivity index (χ3n) is 3.88. The Morgan fingerprint density at radius 2 is 2.05 bits per heavy atom. The minimum atomic E-state index is -1.62. The highest BCUT2D eigenvalue weighted by Crippen LogP contribution is 2.25. The molecular weight excluding hydrogens is 269 g/mol. The number of nitrogens with two attached hydrogens (primary N) is 1. The number of carbonyl (C=O) groups is 1. The standard InChI is InChI=1S/C14H17F3N2O/c1-8-3-2-6-19(11(8)7-18)14(20)9-4-5-10(15)13(17)12(9)16/h4-5,8,11H,2-3,6-7,18H2,1H3. The predicted octanol–water partition coefficient (Wildman–Crippen LogP) is 2.30. The van der Waals surface area contributed by atoms with Crippen molar-refractivity contribution in [2.75, 3.05) is 13.1 Å². The zero-order valence-electron chi connectivity index (χ0n) is 11.2. The summed E-state index contributed by atoms with van der Waals surface area (Å²) < 4.78 is 39.8. The second kappa shape index (κ2) is 5.83. The van der Waals surface area contributed by atoms with Gasteiger partial charge in [0.15, 0.2) is 17.5 Å². The van der Waals surface area contributed by atoms with Gasteiger partial charge in [0.25, 0.3) is 5.91 Å². The Kier molecular flexibility index (Phi) is 4.32. The molecule has 0 aliphatic carbocycles. The topological polar surface area (TPSA) is 46.3 Å². The Bertz CT molecular complexity index is 521. The Hall–Kier alpha value is -1.56. The van der Waals surface area contributed by atoms with Crippen LogP contribution in [-0.4, -0.2) is 29.9 Å². The molecule has 6 heteroatoms. The van der Waals surface area contributed by atoms with E-state index in [0.717, 1.165) is 25.0 Å². The number of benzene rings is 1. The van der Waals surface area contributed by atoms with Crippen LogP contribution in [0, 0.1) is 23.4 Å². The zero-order valence-corrected chi connectivity index (χ0v) is 11.2. The molecule has 1 fully saturated rings. The molecule has 0 saturated carbocycles. The fraction of sp³-hybridized carbons (Fsp3) is 0.500. The van der Waals surface area contributed by atoms with Gasteiger partial charge in [-0.05, 0) is 30.9 Å². The molecule has 2 unspecified atom stereocenters. The number of rotatable bonds is 2. The lowest BCUT2D eigenvalue weighted by atomic mass is 9.90.